The first-order chi connectivity index (χ1) is 17.0. The normalized spacial score (nSPS) is 11.0. The van der Waals surface area contributed by atoms with E-state index in [2.05, 4.69) is 4.57 Å². The summed E-state index contributed by atoms with van der Waals surface area (Å²) in [4.78, 5) is 25.0. The van der Waals surface area contributed by atoms with Crippen molar-refractivity contribution in [2.24, 2.45) is 0 Å². The molecule has 7 heteroatoms. The Morgan fingerprint density at radius 2 is 1.49 bits per heavy atom. The number of carbonyl (C=O) groups excluding carboxylic acids is 2. The number of nitrogens with zero attached hydrogens (tertiary/aromatic N) is 1. The van der Waals surface area contributed by atoms with E-state index in [0.29, 0.717) is 23.3 Å². The number of hydrogen-bond donors (Lipinski definition) is 0. The summed E-state index contributed by atoms with van der Waals surface area (Å²) < 4.78 is 24.0. The summed E-state index contributed by atoms with van der Waals surface area (Å²) in [5.41, 5.74) is 2.95. The lowest BCUT2D eigenvalue weighted by atomic mass is 10.0. The van der Waals surface area contributed by atoms with Crippen LogP contribution in [0, 0.1) is 6.92 Å². The smallest absolute Gasteiger partial charge is 0.344 e. The maximum atomic E-state index is 13.1. The van der Waals surface area contributed by atoms with Crippen LogP contribution < -0.4 is 9.47 Å². The van der Waals surface area contributed by atoms with E-state index in [0.717, 1.165) is 33.4 Å². The Morgan fingerprint density at radius 1 is 0.800 bits per heavy atom. The van der Waals surface area contributed by atoms with Crippen molar-refractivity contribution in [3.05, 3.63) is 65.9 Å². The molecule has 0 spiro atoms. The summed E-state index contributed by atoms with van der Waals surface area (Å²) in [5.74, 6) is 0.405. The molecule has 1 aromatic heterocycles. The van der Waals surface area contributed by atoms with Crippen molar-refractivity contribution in [3.63, 3.8) is 0 Å². The molecule has 0 aliphatic rings. The molecule has 1 heterocycles. The molecule has 0 N–H and O–H groups in total. The Hall–Kier alpha value is -4.00. The molecule has 35 heavy (non-hydrogen) atoms. The van der Waals surface area contributed by atoms with Crippen LogP contribution in [0.4, 0.5) is 0 Å². The molecule has 0 bridgehead atoms. The van der Waals surface area contributed by atoms with Crippen LogP contribution in [0.2, 0.25) is 0 Å². The van der Waals surface area contributed by atoms with Gasteiger partial charge in [-0.1, -0.05) is 24.3 Å². The molecule has 182 valence electrons. The number of rotatable bonds is 9. The van der Waals surface area contributed by atoms with E-state index in [1.807, 2.05) is 62.4 Å². The van der Waals surface area contributed by atoms with Crippen LogP contribution >= 0.6 is 0 Å². The predicted molar refractivity (Wildman–Crippen MR) is 135 cm³/mol. The SMILES string of the molecule is CCOC(=O)COc1cc2c(C(=O)OCC)c(C)n(-c3ccc(OCC)cc3)c2c2ccccc12. The van der Waals surface area contributed by atoms with Crippen LogP contribution in [-0.4, -0.2) is 42.9 Å². The maximum Gasteiger partial charge on any atom is 0.344 e. The number of aromatic nitrogens is 1. The zero-order valence-corrected chi connectivity index (χ0v) is 20.4. The fraction of sp³-hybridized carbons (Fsp3) is 0.286. The zero-order valence-electron chi connectivity index (χ0n) is 20.4. The highest BCUT2D eigenvalue weighted by Gasteiger charge is 2.25. The van der Waals surface area contributed by atoms with Gasteiger partial charge in [-0.3, -0.25) is 0 Å². The third-order valence-electron chi connectivity index (χ3n) is 5.70. The van der Waals surface area contributed by atoms with Gasteiger partial charge >= 0.3 is 11.9 Å². The number of benzene rings is 3. The largest absolute Gasteiger partial charge is 0.494 e. The second kappa shape index (κ2) is 10.5. The van der Waals surface area contributed by atoms with E-state index in [1.165, 1.54) is 0 Å². The molecule has 0 aliphatic heterocycles. The molecular weight excluding hydrogens is 446 g/mol. The molecular formula is C28H29NO6. The third kappa shape index (κ3) is 4.67. The first-order valence-electron chi connectivity index (χ1n) is 11.8. The van der Waals surface area contributed by atoms with Crippen LogP contribution in [0.1, 0.15) is 36.8 Å². The summed E-state index contributed by atoms with van der Waals surface area (Å²) in [6.07, 6.45) is 0. The Kier molecular flexibility index (Phi) is 7.25. The number of carbonyl (C=O) groups is 2. The highest BCUT2D eigenvalue weighted by Crippen LogP contribution is 2.40. The summed E-state index contributed by atoms with van der Waals surface area (Å²) in [6.45, 7) is 8.26. The minimum absolute atomic E-state index is 0.226. The van der Waals surface area contributed by atoms with Gasteiger partial charge in [0.2, 0.25) is 0 Å². The highest BCUT2D eigenvalue weighted by molar-refractivity contribution is 6.17. The standard InChI is InChI=1S/C28H29NO6/c1-5-32-20-14-12-19(13-15-20)29-18(4)26(28(31)34-7-3)23-16-24(35-17-25(30)33-6-2)21-10-8-9-11-22(21)27(23)29/h8-16H,5-7,17H2,1-4H3. The van der Waals surface area contributed by atoms with Gasteiger partial charge in [0, 0.05) is 27.5 Å². The first-order valence-corrected chi connectivity index (χ1v) is 11.8. The molecule has 4 rings (SSSR count). The van der Waals surface area contributed by atoms with Gasteiger partial charge in [-0.15, -0.1) is 0 Å². The molecule has 7 nitrogen and oxygen atoms in total. The second-order valence-corrected chi connectivity index (χ2v) is 7.85. The van der Waals surface area contributed by atoms with Gasteiger partial charge in [0.1, 0.15) is 11.5 Å². The van der Waals surface area contributed by atoms with E-state index in [-0.39, 0.29) is 19.8 Å². The second-order valence-electron chi connectivity index (χ2n) is 7.85. The van der Waals surface area contributed by atoms with E-state index in [4.69, 9.17) is 18.9 Å². The number of ether oxygens (including phenoxy) is 4. The fourth-order valence-corrected chi connectivity index (χ4v) is 4.33. The molecule has 0 saturated heterocycles. The zero-order chi connectivity index (χ0) is 24.9. The minimum atomic E-state index is -0.453. The van der Waals surface area contributed by atoms with Crippen molar-refractivity contribution in [1.29, 1.82) is 0 Å². The summed E-state index contributed by atoms with van der Waals surface area (Å²) in [5, 5.41) is 2.40. The van der Waals surface area contributed by atoms with Gasteiger partial charge in [-0.2, -0.15) is 0 Å². The van der Waals surface area contributed by atoms with Gasteiger partial charge in [0.15, 0.2) is 6.61 Å². The summed E-state index contributed by atoms with van der Waals surface area (Å²) in [6, 6.07) is 17.3. The van der Waals surface area contributed by atoms with Gasteiger partial charge in [0.05, 0.1) is 30.9 Å². The number of hydrogen-bond acceptors (Lipinski definition) is 6. The molecule has 3 aromatic carbocycles. The third-order valence-corrected chi connectivity index (χ3v) is 5.70. The average molecular weight is 476 g/mol. The highest BCUT2D eigenvalue weighted by atomic mass is 16.6. The van der Waals surface area contributed by atoms with Gasteiger partial charge < -0.3 is 23.5 Å². The number of esters is 2. The molecule has 0 amide bonds. The van der Waals surface area contributed by atoms with Gasteiger partial charge in [-0.25, -0.2) is 9.59 Å². The first kappa shape index (κ1) is 24.1. The molecule has 0 radical (unpaired) electrons. The van der Waals surface area contributed by atoms with E-state index in [1.54, 1.807) is 19.9 Å². The van der Waals surface area contributed by atoms with Crippen LogP contribution in [-0.2, 0) is 14.3 Å². The maximum absolute atomic E-state index is 13.1. The molecule has 0 saturated carbocycles. The molecule has 0 atom stereocenters. The van der Waals surface area contributed by atoms with Crippen molar-refractivity contribution in [3.8, 4) is 17.2 Å². The quantitative estimate of drug-likeness (QED) is 0.293. The minimum Gasteiger partial charge on any atom is -0.494 e. The summed E-state index contributed by atoms with van der Waals surface area (Å²) in [7, 11) is 0. The molecule has 4 aromatic rings. The van der Waals surface area contributed by atoms with E-state index in [9.17, 15) is 9.59 Å². The van der Waals surface area contributed by atoms with Gasteiger partial charge in [0.25, 0.3) is 0 Å². The lowest BCUT2D eigenvalue weighted by Gasteiger charge is -2.14. The lowest BCUT2D eigenvalue weighted by Crippen LogP contribution is -2.14. The average Bonchev–Trinajstić information content (AvgIpc) is 3.15. The Morgan fingerprint density at radius 3 is 2.14 bits per heavy atom. The van der Waals surface area contributed by atoms with Crippen molar-refractivity contribution < 1.29 is 28.5 Å². The van der Waals surface area contributed by atoms with Crippen LogP contribution in [0.25, 0.3) is 27.4 Å². The van der Waals surface area contributed by atoms with Crippen LogP contribution in [0.5, 0.6) is 11.5 Å². The van der Waals surface area contributed by atoms with Crippen LogP contribution in [0.3, 0.4) is 0 Å². The molecule has 0 fully saturated rings. The predicted octanol–water partition coefficient (Wildman–Crippen LogP) is 5.61. The fourth-order valence-electron chi connectivity index (χ4n) is 4.33. The topological polar surface area (TPSA) is 76.0 Å². The monoisotopic (exact) mass is 475 g/mol. The number of fused-ring (bicyclic) bond motifs is 3. The Bertz CT molecular complexity index is 1370. The Balaban J connectivity index is 1.98. The van der Waals surface area contributed by atoms with Gasteiger partial charge in [-0.05, 0) is 58.0 Å². The van der Waals surface area contributed by atoms with Crippen molar-refractivity contribution >= 4 is 33.6 Å². The summed E-state index contributed by atoms with van der Waals surface area (Å²) >= 11 is 0. The van der Waals surface area contributed by atoms with E-state index >= 15 is 0 Å². The molecule has 0 aliphatic carbocycles. The van der Waals surface area contributed by atoms with Crippen LogP contribution in [0.15, 0.2) is 54.6 Å². The van der Waals surface area contributed by atoms with Crippen molar-refractivity contribution in [2.45, 2.75) is 27.7 Å². The van der Waals surface area contributed by atoms with E-state index < -0.39 is 11.9 Å². The lowest BCUT2D eigenvalue weighted by molar-refractivity contribution is -0.145. The van der Waals surface area contributed by atoms with Crippen molar-refractivity contribution in [1.82, 2.24) is 4.57 Å². The Labute approximate surface area is 204 Å². The molecule has 0 unspecified atom stereocenters. The van der Waals surface area contributed by atoms with Crippen molar-refractivity contribution in [2.75, 3.05) is 26.4 Å².